The second-order valence-corrected chi connectivity index (χ2v) is 5.05. The van der Waals surface area contributed by atoms with E-state index in [1.807, 2.05) is 0 Å². The molecule has 4 heteroatoms. The summed E-state index contributed by atoms with van der Waals surface area (Å²) in [6.45, 7) is 2.50. The van der Waals surface area contributed by atoms with Crippen molar-refractivity contribution in [2.75, 3.05) is 13.1 Å². The van der Waals surface area contributed by atoms with Crippen LogP contribution in [0.5, 0.6) is 0 Å². The molecule has 0 atom stereocenters. The molecular weight excluding hydrogens is 204 g/mol. The van der Waals surface area contributed by atoms with Crippen molar-refractivity contribution < 1.29 is 9.90 Å². The summed E-state index contributed by atoms with van der Waals surface area (Å²) in [6.07, 6.45) is 7.52. The van der Waals surface area contributed by atoms with E-state index in [9.17, 15) is 4.79 Å². The van der Waals surface area contributed by atoms with Crippen LogP contribution in [0.4, 0.5) is 4.79 Å². The molecular formula is C12H22N2O2. The van der Waals surface area contributed by atoms with Crippen molar-refractivity contribution in [3.05, 3.63) is 0 Å². The maximum Gasteiger partial charge on any atom is 0.404 e. The number of hydrogen-bond donors (Lipinski definition) is 2. The number of amides is 1. The van der Waals surface area contributed by atoms with Crippen molar-refractivity contribution in [2.45, 2.75) is 57.0 Å². The molecule has 1 saturated carbocycles. The second kappa shape index (κ2) is 5.53. The van der Waals surface area contributed by atoms with Gasteiger partial charge in [0, 0.05) is 12.1 Å². The van der Waals surface area contributed by atoms with E-state index in [4.69, 9.17) is 5.11 Å². The molecule has 2 fully saturated rings. The fourth-order valence-electron chi connectivity index (χ4n) is 3.04. The maximum absolute atomic E-state index is 10.5. The predicted molar refractivity (Wildman–Crippen MR) is 62.6 cm³/mol. The van der Waals surface area contributed by atoms with Crippen LogP contribution in [-0.2, 0) is 0 Å². The quantitative estimate of drug-likeness (QED) is 0.757. The average Bonchev–Trinajstić information content (AvgIpc) is 2.30. The monoisotopic (exact) mass is 226 g/mol. The summed E-state index contributed by atoms with van der Waals surface area (Å²) in [4.78, 5) is 13.1. The van der Waals surface area contributed by atoms with Gasteiger partial charge in [-0.3, -0.25) is 0 Å². The van der Waals surface area contributed by atoms with E-state index < -0.39 is 6.09 Å². The number of carboxylic acid groups (broad SMARTS) is 1. The van der Waals surface area contributed by atoms with Crippen molar-refractivity contribution in [1.82, 2.24) is 10.2 Å². The summed E-state index contributed by atoms with van der Waals surface area (Å²) in [6, 6.07) is 0.908. The molecule has 2 aliphatic rings. The predicted octanol–water partition coefficient (Wildman–Crippen LogP) is 2.05. The minimum atomic E-state index is -0.874. The standard InChI is InChI=1S/C12H22N2O2/c15-12(16)13-10-4-6-11(7-5-10)14-8-2-1-3-9-14/h10-11,13H,1-9H2,(H,15,16)/t10-,11-. The van der Waals surface area contributed by atoms with Crippen molar-refractivity contribution in [3.63, 3.8) is 0 Å². The lowest BCUT2D eigenvalue weighted by molar-refractivity contribution is 0.119. The van der Waals surface area contributed by atoms with E-state index in [0.29, 0.717) is 6.04 Å². The molecule has 1 amide bonds. The number of nitrogens with zero attached hydrogens (tertiary/aromatic N) is 1. The van der Waals surface area contributed by atoms with E-state index in [1.54, 1.807) is 0 Å². The van der Waals surface area contributed by atoms with Crippen LogP contribution in [0.25, 0.3) is 0 Å². The summed E-state index contributed by atoms with van der Waals surface area (Å²) in [5, 5.41) is 11.3. The molecule has 0 spiro atoms. The molecule has 1 heterocycles. The lowest BCUT2D eigenvalue weighted by atomic mass is 9.89. The SMILES string of the molecule is O=C(O)N[C@H]1CC[C@H](N2CCCCC2)CC1. The molecule has 0 unspecified atom stereocenters. The van der Waals surface area contributed by atoms with Gasteiger partial charge in [0.15, 0.2) is 0 Å². The van der Waals surface area contributed by atoms with Crippen LogP contribution in [0.2, 0.25) is 0 Å². The molecule has 1 saturated heterocycles. The van der Waals surface area contributed by atoms with Crippen molar-refractivity contribution in [3.8, 4) is 0 Å². The molecule has 2 N–H and O–H groups in total. The normalized spacial score (nSPS) is 32.2. The molecule has 0 aromatic carbocycles. The van der Waals surface area contributed by atoms with Gasteiger partial charge in [0.2, 0.25) is 0 Å². The summed E-state index contributed by atoms with van der Waals surface area (Å²) in [7, 11) is 0. The first-order chi connectivity index (χ1) is 7.75. The van der Waals surface area contributed by atoms with Crippen molar-refractivity contribution >= 4 is 6.09 Å². The summed E-state index contributed by atoms with van der Waals surface area (Å²) < 4.78 is 0. The fraction of sp³-hybridized carbons (Fsp3) is 0.917. The van der Waals surface area contributed by atoms with E-state index in [2.05, 4.69) is 10.2 Å². The van der Waals surface area contributed by atoms with Crippen LogP contribution < -0.4 is 5.32 Å². The Labute approximate surface area is 97.0 Å². The highest BCUT2D eigenvalue weighted by Gasteiger charge is 2.27. The minimum Gasteiger partial charge on any atom is -0.465 e. The van der Waals surface area contributed by atoms with Gasteiger partial charge in [0.05, 0.1) is 0 Å². The number of piperidine rings is 1. The zero-order valence-electron chi connectivity index (χ0n) is 9.82. The van der Waals surface area contributed by atoms with Gasteiger partial charge >= 0.3 is 6.09 Å². The van der Waals surface area contributed by atoms with Crippen LogP contribution >= 0.6 is 0 Å². The fourth-order valence-corrected chi connectivity index (χ4v) is 3.04. The number of rotatable bonds is 2. The third-order valence-corrected chi connectivity index (χ3v) is 3.93. The smallest absolute Gasteiger partial charge is 0.404 e. The average molecular weight is 226 g/mol. The molecule has 2 rings (SSSR count). The first kappa shape index (κ1) is 11.7. The van der Waals surface area contributed by atoms with Crippen LogP contribution in [0, 0.1) is 0 Å². The van der Waals surface area contributed by atoms with Crippen molar-refractivity contribution in [1.29, 1.82) is 0 Å². The van der Waals surface area contributed by atoms with Crippen LogP contribution in [-0.4, -0.2) is 41.3 Å². The highest BCUT2D eigenvalue weighted by Crippen LogP contribution is 2.25. The van der Waals surface area contributed by atoms with Gasteiger partial charge in [-0.25, -0.2) is 4.79 Å². The van der Waals surface area contributed by atoms with Crippen LogP contribution in [0.3, 0.4) is 0 Å². The highest BCUT2D eigenvalue weighted by atomic mass is 16.4. The lowest BCUT2D eigenvalue weighted by Crippen LogP contribution is -2.45. The van der Waals surface area contributed by atoms with Crippen LogP contribution in [0.1, 0.15) is 44.9 Å². The number of nitrogens with one attached hydrogen (secondary N) is 1. The van der Waals surface area contributed by atoms with Gasteiger partial charge in [-0.15, -0.1) is 0 Å². The van der Waals surface area contributed by atoms with Gasteiger partial charge in [0.25, 0.3) is 0 Å². The Bertz CT molecular complexity index is 231. The summed E-state index contributed by atoms with van der Waals surface area (Å²) in [5.74, 6) is 0. The number of likely N-dealkylation sites (tertiary alicyclic amines) is 1. The Morgan fingerprint density at radius 3 is 2.25 bits per heavy atom. The zero-order chi connectivity index (χ0) is 11.4. The van der Waals surface area contributed by atoms with E-state index in [-0.39, 0.29) is 6.04 Å². The highest BCUT2D eigenvalue weighted by molar-refractivity contribution is 5.64. The third kappa shape index (κ3) is 3.11. The Hall–Kier alpha value is -0.770. The molecule has 92 valence electrons. The summed E-state index contributed by atoms with van der Waals surface area (Å²) in [5.41, 5.74) is 0. The van der Waals surface area contributed by atoms with E-state index >= 15 is 0 Å². The molecule has 1 aliphatic heterocycles. The first-order valence-corrected chi connectivity index (χ1v) is 6.49. The maximum atomic E-state index is 10.5. The van der Waals surface area contributed by atoms with Gasteiger partial charge in [-0.1, -0.05) is 6.42 Å². The Morgan fingerprint density at radius 1 is 1.06 bits per heavy atom. The van der Waals surface area contributed by atoms with E-state index in [1.165, 1.54) is 32.4 Å². The largest absolute Gasteiger partial charge is 0.465 e. The summed E-state index contributed by atoms with van der Waals surface area (Å²) >= 11 is 0. The topological polar surface area (TPSA) is 52.6 Å². The second-order valence-electron chi connectivity index (χ2n) is 5.05. The van der Waals surface area contributed by atoms with E-state index in [0.717, 1.165) is 25.7 Å². The Balaban J connectivity index is 1.73. The molecule has 0 radical (unpaired) electrons. The molecule has 16 heavy (non-hydrogen) atoms. The molecule has 4 nitrogen and oxygen atoms in total. The van der Waals surface area contributed by atoms with Crippen molar-refractivity contribution in [2.24, 2.45) is 0 Å². The Morgan fingerprint density at radius 2 is 1.69 bits per heavy atom. The van der Waals surface area contributed by atoms with Gasteiger partial charge in [-0.2, -0.15) is 0 Å². The Kier molecular flexibility index (Phi) is 4.04. The third-order valence-electron chi connectivity index (χ3n) is 3.93. The number of carbonyl (C=O) groups is 1. The van der Waals surface area contributed by atoms with Gasteiger partial charge in [-0.05, 0) is 51.6 Å². The van der Waals surface area contributed by atoms with Gasteiger partial charge in [0.1, 0.15) is 0 Å². The minimum absolute atomic E-state index is 0.193. The molecule has 0 aromatic heterocycles. The first-order valence-electron chi connectivity index (χ1n) is 6.49. The lowest BCUT2D eigenvalue weighted by Gasteiger charge is -2.38. The van der Waals surface area contributed by atoms with Gasteiger partial charge < -0.3 is 15.3 Å². The molecule has 0 aromatic rings. The zero-order valence-corrected chi connectivity index (χ0v) is 9.82. The molecule has 0 bridgehead atoms. The number of hydrogen-bond acceptors (Lipinski definition) is 2. The van der Waals surface area contributed by atoms with Crippen LogP contribution in [0.15, 0.2) is 0 Å². The molecule has 1 aliphatic carbocycles.